The molecule has 0 aliphatic heterocycles. The van der Waals surface area contributed by atoms with Gasteiger partial charge in [-0.1, -0.05) is 29.8 Å². The Morgan fingerprint density at radius 2 is 2.16 bits per heavy atom. The third kappa shape index (κ3) is 3.68. The molecule has 0 spiro atoms. The number of nitrogens with two attached hydrogens (primary N) is 1. The van der Waals surface area contributed by atoms with E-state index in [1.807, 2.05) is 18.2 Å². The predicted molar refractivity (Wildman–Crippen MR) is 80.1 cm³/mol. The van der Waals surface area contributed by atoms with Crippen LogP contribution in [0, 0.1) is 0 Å². The summed E-state index contributed by atoms with van der Waals surface area (Å²) in [5.41, 5.74) is 6.87. The molecule has 1 aromatic heterocycles. The van der Waals surface area contributed by atoms with Crippen molar-refractivity contribution in [2.75, 3.05) is 11.1 Å². The lowest BCUT2D eigenvalue weighted by molar-refractivity contribution is -0.115. The van der Waals surface area contributed by atoms with Gasteiger partial charge in [-0.05, 0) is 33.6 Å². The number of halogens is 2. The third-order valence-corrected chi connectivity index (χ3v) is 3.40. The van der Waals surface area contributed by atoms with Crippen LogP contribution in [0.4, 0.5) is 11.5 Å². The first-order valence-electron chi connectivity index (χ1n) is 5.50. The zero-order valence-corrected chi connectivity index (χ0v) is 12.2. The van der Waals surface area contributed by atoms with E-state index in [0.717, 1.165) is 5.56 Å². The smallest absolute Gasteiger partial charge is 0.230 e. The molecule has 0 saturated heterocycles. The molecule has 4 nitrogen and oxygen atoms in total. The molecule has 0 aliphatic rings. The summed E-state index contributed by atoms with van der Waals surface area (Å²) in [6, 6.07) is 8.90. The van der Waals surface area contributed by atoms with E-state index in [1.165, 1.54) is 6.20 Å². The van der Waals surface area contributed by atoms with Gasteiger partial charge < -0.3 is 11.1 Å². The van der Waals surface area contributed by atoms with Gasteiger partial charge in [0.05, 0.1) is 22.8 Å². The zero-order chi connectivity index (χ0) is 13.8. The summed E-state index contributed by atoms with van der Waals surface area (Å²) in [7, 11) is 0. The molecule has 0 fully saturated rings. The van der Waals surface area contributed by atoms with Crippen LogP contribution in [0.1, 0.15) is 5.56 Å². The number of carbonyl (C=O) groups is 1. The number of nitrogen functional groups attached to an aromatic ring is 1. The van der Waals surface area contributed by atoms with Gasteiger partial charge in [-0.3, -0.25) is 4.79 Å². The van der Waals surface area contributed by atoms with E-state index < -0.39 is 0 Å². The Morgan fingerprint density at radius 3 is 2.84 bits per heavy atom. The molecule has 98 valence electrons. The van der Waals surface area contributed by atoms with Crippen LogP contribution < -0.4 is 11.1 Å². The average molecular weight is 341 g/mol. The van der Waals surface area contributed by atoms with Crippen molar-refractivity contribution in [2.45, 2.75) is 6.42 Å². The van der Waals surface area contributed by atoms with Crippen LogP contribution in [-0.2, 0) is 11.2 Å². The molecule has 19 heavy (non-hydrogen) atoms. The second-order valence-electron chi connectivity index (χ2n) is 3.92. The molecular weight excluding hydrogens is 330 g/mol. The van der Waals surface area contributed by atoms with Crippen molar-refractivity contribution in [3.05, 3.63) is 51.6 Å². The lowest BCUT2D eigenvalue weighted by Gasteiger charge is -2.07. The van der Waals surface area contributed by atoms with Crippen LogP contribution in [0.15, 0.2) is 41.0 Å². The molecule has 0 saturated carbocycles. The highest BCUT2D eigenvalue weighted by molar-refractivity contribution is 9.10. The lowest BCUT2D eigenvalue weighted by Crippen LogP contribution is -2.16. The van der Waals surface area contributed by atoms with Crippen LogP contribution >= 0.6 is 27.5 Å². The summed E-state index contributed by atoms with van der Waals surface area (Å²) in [6.07, 6.45) is 1.67. The minimum Gasteiger partial charge on any atom is -0.397 e. The van der Waals surface area contributed by atoms with E-state index in [4.69, 9.17) is 17.3 Å². The normalized spacial score (nSPS) is 10.2. The molecule has 1 aromatic carbocycles. The van der Waals surface area contributed by atoms with Gasteiger partial charge in [-0.15, -0.1) is 0 Å². The minimum atomic E-state index is -0.189. The fourth-order valence-corrected chi connectivity index (χ4v) is 2.20. The molecule has 2 aromatic rings. The quantitative estimate of drug-likeness (QED) is 0.901. The van der Waals surface area contributed by atoms with Crippen molar-refractivity contribution in [1.82, 2.24) is 4.98 Å². The second kappa shape index (κ2) is 6.04. The fourth-order valence-electron chi connectivity index (χ4n) is 1.54. The molecule has 3 N–H and O–H groups in total. The highest BCUT2D eigenvalue weighted by Crippen LogP contribution is 2.22. The molecule has 6 heteroatoms. The van der Waals surface area contributed by atoms with Gasteiger partial charge >= 0.3 is 0 Å². The summed E-state index contributed by atoms with van der Waals surface area (Å²) in [4.78, 5) is 16.0. The van der Waals surface area contributed by atoms with Crippen LogP contribution in [0.5, 0.6) is 0 Å². The maximum Gasteiger partial charge on any atom is 0.230 e. The van der Waals surface area contributed by atoms with E-state index in [1.54, 1.807) is 12.1 Å². The Labute approximate surface area is 124 Å². The fraction of sp³-hybridized carbons (Fsp3) is 0.0769. The number of hydrogen-bond donors (Lipinski definition) is 2. The number of benzene rings is 1. The van der Waals surface area contributed by atoms with Gasteiger partial charge in [-0.25, -0.2) is 4.98 Å². The molecule has 1 heterocycles. The van der Waals surface area contributed by atoms with Crippen molar-refractivity contribution >= 4 is 44.9 Å². The number of hydrogen-bond acceptors (Lipinski definition) is 3. The molecule has 1 amide bonds. The van der Waals surface area contributed by atoms with Crippen molar-refractivity contribution < 1.29 is 4.79 Å². The Balaban J connectivity index is 2.08. The Bertz CT molecular complexity index is 619. The van der Waals surface area contributed by atoms with E-state index in [0.29, 0.717) is 21.0 Å². The molecule has 0 radical (unpaired) electrons. The minimum absolute atomic E-state index is 0.189. The maximum atomic E-state index is 11.9. The first-order chi connectivity index (χ1) is 9.06. The van der Waals surface area contributed by atoms with Crippen LogP contribution in [0.3, 0.4) is 0 Å². The summed E-state index contributed by atoms with van der Waals surface area (Å²) in [6.45, 7) is 0. The standard InChI is InChI=1S/C13H11BrClN3O/c14-10-6-9(16)7-17-13(10)18-12(19)5-8-3-1-2-4-11(8)15/h1-4,6-7H,5,16H2,(H,17,18,19). The largest absolute Gasteiger partial charge is 0.397 e. The van der Waals surface area contributed by atoms with Gasteiger partial charge in [0.1, 0.15) is 5.82 Å². The topological polar surface area (TPSA) is 68.0 Å². The van der Waals surface area contributed by atoms with Crippen LogP contribution in [0.25, 0.3) is 0 Å². The molecule has 0 aliphatic carbocycles. The van der Waals surface area contributed by atoms with E-state index >= 15 is 0 Å². The maximum absolute atomic E-state index is 11.9. The Morgan fingerprint density at radius 1 is 1.42 bits per heavy atom. The zero-order valence-electron chi connectivity index (χ0n) is 9.86. The number of nitrogens with one attached hydrogen (secondary N) is 1. The van der Waals surface area contributed by atoms with E-state index in [2.05, 4.69) is 26.2 Å². The second-order valence-corrected chi connectivity index (χ2v) is 5.18. The molecule has 0 atom stereocenters. The average Bonchev–Trinajstić information content (AvgIpc) is 2.36. The number of aromatic nitrogens is 1. The van der Waals surface area contributed by atoms with Gasteiger partial charge in [-0.2, -0.15) is 0 Å². The number of pyridine rings is 1. The van der Waals surface area contributed by atoms with Gasteiger partial charge in [0.2, 0.25) is 5.91 Å². The first-order valence-corrected chi connectivity index (χ1v) is 6.67. The van der Waals surface area contributed by atoms with Gasteiger partial charge in [0.25, 0.3) is 0 Å². The molecule has 0 unspecified atom stereocenters. The number of rotatable bonds is 3. The van der Waals surface area contributed by atoms with Crippen molar-refractivity contribution in [3.8, 4) is 0 Å². The predicted octanol–water partition coefficient (Wildman–Crippen LogP) is 3.26. The molecular formula is C13H11BrClN3O. The Kier molecular flexibility index (Phi) is 4.39. The highest BCUT2D eigenvalue weighted by Gasteiger charge is 2.09. The van der Waals surface area contributed by atoms with E-state index in [-0.39, 0.29) is 12.3 Å². The summed E-state index contributed by atoms with van der Waals surface area (Å²) in [5.74, 6) is 0.248. The first kappa shape index (κ1) is 13.8. The SMILES string of the molecule is Nc1cnc(NC(=O)Cc2ccccc2Cl)c(Br)c1. The number of anilines is 2. The number of amides is 1. The number of nitrogens with zero attached hydrogens (tertiary/aromatic N) is 1. The number of carbonyl (C=O) groups excluding carboxylic acids is 1. The summed E-state index contributed by atoms with van der Waals surface area (Å²) >= 11 is 9.29. The molecule has 0 bridgehead atoms. The highest BCUT2D eigenvalue weighted by atomic mass is 79.9. The third-order valence-electron chi connectivity index (χ3n) is 2.43. The summed E-state index contributed by atoms with van der Waals surface area (Å²) in [5, 5.41) is 3.27. The Hall–Kier alpha value is -1.59. The lowest BCUT2D eigenvalue weighted by atomic mass is 10.1. The van der Waals surface area contributed by atoms with E-state index in [9.17, 15) is 4.79 Å². The van der Waals surface area contributed by atoms with Crippen LogP contribution in [-0.4, -0.2) is 10.9 Å². The van der Waals surface area contributed by atoms with Gasteiger partial charge in [0, 0.05) is 5.02 Å². The van der Waals surface area contributed by atoms with Gasteiger partial charge in [0.15, 0.2) is 0 Å². The monoisotopic (exact) mass is 339 g/mol. The van der Waals surface area contributed by atoms with Crippen molar-refractivity contribution in [1.29, 1.82) is 0 Å². The summed E-state index contributed by atoms with van der Waals surface area (Å²) < 4.78 is 0.639. The van der Waals surface area contributed by atoms with Crippen LogP contribution in [0.2, 0.25) is 5.02 Å². The van der Waals surface area contributed by atoms with Crippen molar-refractivity contribution in [3.63, 3.8) is 0 Å². The van der Waals surface area contributed by atoms with Crippen molar-refractivity contribution in [2.24, 2.45) is 0 Å². The molecule has 2 rings (SSSR count).